The molecular formula is C10H10O2. The number of aliphatic hydroxyl groups is 1. The molecule has 2 heteroatoms. The minimum Gasteiger partial charge on any atom is -0.512 e. The van der Waals surface area contributed by atoms with Crippen molar-refractivity contribution in [1.82, 2.24) is 0 Å². The lowest BCUT2D eigenvalue weighted by Crippen LogP contribution is -2.29. The molecule has 1 aromatic rings. The summed E-state index contributed by atoms with van der Waals surface area (Å²) in [4.78, 5) is 0. The van der Waals surface area contributed by atoms with E-state index < -0.39 is 0 Å². The van der Waals surface area contributed by atoms with Crippen molar-refractivity contribution in [2.24, 2.45) is 0 Å². The first-order valence-electron chi connectivity index (χ1n) is 3.99. The zero-order valence-electron chi connectivity index (χ0n) is 6.62. The highest BCUT2D eigenvalue weighted by Gasteiger charge is 2.04. The minimum atomic E-state index is 0.168. The van der Waals surface area contributed by atoms with Gasteiger partial charge < -0.3 is 10.2 Å². The molecular weight excluding hydrogens is 152 g/mol. The SMILES string of the molecule is OC1=c2c(O)cccc2=CCC1. The van der Waals surface area contributed by atoms with Crippen LogP contribution in [0.2, 0.25) is 0 Å². The molecule has 0 radical (unpaired) electrons. The number of phenolic OH excluding ortho intramolecular Hbond substituents is 1. The third kappa shape index (κ3) is 0.961. The van der Waals surface area contributed by atoms with E-state index in [-0.39, 0.29) is 5.75 Å². The highest BCUT2D eigenvalue weighted by Crippen LogP contribution is 2.07. The highest BCUT2D eigenvalue weighted by atomic mass is 16.3. The third-order valence-corrected chi connectivity index (χ3v) is 2.11. The number of phenols is 1. The summed E-state index contributed by atoms with van der Waals surface area (Å²) in [6.45, 7) is 0. The number of aliphatic hydroxyl groups excluding tert-OH is 1. The molecule has 2 rings (SSSR count). The largest absolute Gasteiger partial charge is 0.512 e. The molecule has 0 aliphatic heterocycles. The van der Waals surface area contributed by atoms with Crippen LogP contribution in [0.5, 0.6) is 5.75 Å². The first-order chi connectivity index (χ1) is 5.79. The highest BCUT2D eigenvalue weighted by molar-refractivity contribution is 5.48. The van der Waals surface area contributed by atoms with Gasteiger partial charge in [-0.2, -0.15) is 0 Å². The van der Waals surface area contributed by atoms with Gasteiger partial charge in [-0.05, 0) is 17.7 Å². The van der Waals surface area contributed by atoms with Gasteiger partial charge in [0.05, 0.1) is 5.22 Å². The maximum absolute atomic E-state index is 9.48. The van der Waals surface area contributed by atoms with E-state index in [2.05, 4.69) is 0 Å². The Labute approximate surface area is 70.1 Å². The molecule has 0 saturated heterocycles. The summed E-state index contributed by atoms with van der Waals surface area (Å²) in [5.74, 6) is 0.464. The van der Waals surface area contributed by atoms with Crippen LogP contribution in [-0.4, -0.2) is 10.2 Å². The summed E-state index contributed by atoms with van der Waals surface area (Å²) < 4.78 is 0. The number of hydrogen-bond donors (Lipinski definition) is 2. The van der Waals surface area contributed by atoms with Crippen molar-refractivity contribution in [3.05, 3.63) is 28.6 Å². The van der Waals surface area contributed by atoms with Crippen molar-refractivity contribution in [3.8, 4) is 5.75 Å². The fourth-order valence-electron chi connectivity index (χ4n) is 1.53. The van der Waals surface area contributed by atoms with Crippen LogP contribution < -0.4 is 10.4 Å². The van der Waals surface area contributed by atoms with Gasteiger partial charge in [-0.1, -0.05) is 18.2 Å². The molecule has 2 nitrogen and oxygen atoms in total. The summed E-state index contributed by atoms with van der Waals surface area (Å²) in [7, 11) is 0. The number of fused-ring (bicyclic) bond motifs is 1. The minimum absolute atomic E-state index is 0.168. The van der Waals surface area contributed by atoms with Crippen LogP contribution in [0.3, 0.4) is 0 Å². The summed E-state index contributed by atoms with van der Waals surface area (Å²) >= 11 is 0. The van der Waals surface area contributed by atoms with Gasteiger partial charge in [0.15, 0.2) is 0 Å². The monoisotopic (exact) mass is 162 g/mol. The topological polar surface area (TPSA) is 40.5 Å². The molecule has 1 aromatic carbocycles. The second-order valence-electron chi connectivity index (χ2n) is 2.93. The Hall–Kier alpha value is -1.44. The maximum Gasteiger partial charge on any atom is 0.126 e. The molecule has 0 aromatic heterocycles. The summed E-state index contributed by atoms with van der Waals surface area (Å²) in [5.41, 5.74) is 0. The lowest BCUT2D eigenvalue weighted by Gasteiger charge is -2.05. The van der Waals surface area contributed by atoms with E-state index in [1.165, 1.54) is 0 Å². The van der Waals surface area contributed by atoms with Crippen LogP contribution in [-0.2, 0) is 0 Å². The van der Waals surface area contributed by atoms with Gasteiger partial charge in [0.25, 0.3) is 0 Å². The molecule has 12 heavy (non-hydrogen) atoms. The zero-order valence-corrected chi connectivity index (χ0v) is 6.62. The van der Waals surface area contributed by atoms with Gasteiger partial charge >= 0.3 is 0 Å². The molecule has 0 bridgehead atoms. The van der Waals surface area contributed by atoms with Crippen LogP contribution in [0.1, 0.15) is 12.8 Å². The number of benzene rings is 1. The van der Waals surface area contributed by atoms with E-state index >= 15 is 0 Å². The van der Waals surface area contributed by atoms with Crippen molar-refractivity contribution >= 4 is 11.8 Å². The van der Waals surface area contributed by atoms with Gasteiger partial charge in [0.1, 0.15) is 11.5 Å². The van der Waals surface area contributed by atoms with E-state index in [1.807, 2.05) is 12.1 Å². The van der Waals surface area contributed by atoms with Gasteiger partial charge in [-0.3, -0.25) is 0 Å². The second kappa shape index (κ2) is 2.55. The quantitative estimate of drug-likeness (QED) is 0.587. The molecule has 62 valence electrons. The Bertz CT molecular complexity index is 418. The average Bonchev–Trinajstić information content (AvgIpc) is 2.04. The van der Waals surface area contributed by atoms with Crippen LogP contribution >= 0.6 is 0 Å². The van der Waals surface area contributed by atoms with Crippen molar-refractivity contribution < 1.29 is 10.2 Å². The Morgan fingerprint density at radius 1 is 1.17 bits per heavy atom. The van der Waals surface area contributed by atoms with E-state index in [4.69, 9.17) is 0 Å². The van der Waals surface area contributed by atoms with Crippen molar-refractivity contribution in [2.75, 3.05) is 0 Å². The van der Waals surface area contributed by atoms with E-state index in [1.54, 1.807) is 12.1 Å². The smallest absolute Gasteiger partial charge is 0.126 e. The molecule has 1 aliphatic carbocycles. The van der Waals surface area contributed by atoms with E-state index in [0.717, 1.165) is 11.6 Å². The molecule has 0 atom stereocenters. The fourth-order valence-corrected chi connectivity index (χ4v) is 1.53. The normalized spacial score (nSPS) is 15.2. The molecule has 0 unspecified atom stereocenters. The van der Waals surface area contributed by atoms with Crippen LogP contribution in [0.4, 0.5) is 0 Å². The van der Waals surface area contributed by atoms with Crippen LogP contribution in [0.15, 0.2) is 18.2 Å². The van der Waals surface area contributed by atoms with Gasteiger partial charge in [-0.15, -0.1) is 0 Å². The second-order valence-corrected chi connectivity index (χ2v) is 2.93. The van der Waals surface area contributed by atoms with Crippen LogP contribution in [0, 0.1) is 0 Å². The summed E-state index contributed by atoms with van der Waals surface area (Å²) in [6, 6.07) is 5.27. The molecule has 0 heterocycles. The predicted molar refractivity (Wildman–Crippen MR) is 47.1 cm³/mol. The lowest BCUT2D eigenvalue weighted by atomic mass is 10.1. The molecule has 0 fully saturated rings. The molecule has 0 spiro atoms. The Kier molecular flexibility index (Phi) is 1.54. The number of rotatable bonds is 0. The molecule has 2 N–H and O–H groups in total. The maximum atomic E-state index is 9.48. The van der Waals surface area contributed by atoms with Gasteiger partial charge in [0.2, 0.25) is 0 Å². The van der Waals surface area contributed by atoms with E-state index in [0.29, 0.717) is 17.4 Å². The Balaban J connectivity index is 2.95. The molecule has 0 saturated carbocycles. The number of aromatic hydroxyl groups is 1. The Morgan fingerprint density at radius 2 is 2.00 bits per heavy atom. The summed E-state index contributed by atoms with van der Waals surface area (Å²) in [6.07, 6.45) is 3.50. The van der Waals surface area contributed by atoms with E-state index in [9.17, 15) is 10.2 Å². The van der Waals surface area contributed by atoms with Crippen molar-refractivity contribution in [1.29, 1.82) is 0 Å². The van der Waals surface area contributed by atoms with Gasteiger partial charge in [0, 0.05) is 6.42 Å². The molecule has 0 amide bonds. The third-order valence-electron chi connectivity index (χ3n) is 2.11. The molecule has 1 aliphatic rings. The van der Waals surface area contributed by atoms with Crippen LogP contribution in [0.25, 0.3) is 11.8 Å². The van der Waals surface area contributed by atoms with Crippen molar-refractivity contribution in [2.45, 2.75) is 12.8 Å². The number of hydrogen-bond acceptors (Lipinski definition) is 2. The lowest BCUT2D eigenvalue weighted by molar-refractivity contribution is 0.449. The van der Waals surface area contributed by atoms with Crippen molar-refractivity contribution in [3.63, 3.8) is 0 Å². The first kappa shape index (κ1) is 7.22. The average molecular weight is 162 g/mol. The fraction of sp³-hybridized carbons (Fsp3) is 0.200. The summed E-state index contributed by atoms with van der Waals surface area (Å²) in [5, 5.41) is 20.4. The zero-order chi connectivity index (χ0) is 8.55. The predicted octanol–water partition coefficient (Wildman–Crippen LogP) is 0.633. The first-order valence-corrected chi connectivity index (χ1v) is 3.99. The Morgan fingerprint density at radius 3 is 2.75 bits per heavy atom. The van der Waals surface area contributed by atoms with Gasteiger partial charge in [-0.25, -0.2) is 0 Å². The standard InChI is InChI=1S/C10H10O2/c11-8-5-1-3-7-4-2-6-9(12)10(7)8/h1,3-5,11-12H,2,6H2.